The third kappa shape index (κ3) is 4.73. The lowest BCUT2D eigenvalue weighted by Gasteiger charge is -2.20. The SMILES string of the molecule is COc1ccc(C2=NC(=Cc3cccc([N+](=O)[O-])c3)C(=O)N2c2ccc(OC)c(OC)c2)cc1Br. The Morgan fingerprint density at radius 2 is 1.66 bits per heavy atom. The highest BCUT2D eigenvalue weighted by molar-refractivity contribution is 9.10. The Bertz CT molecular complexity index is 1390. The van der Waals surface area contributed by atoms with E-state index in [1.807, 2.05) is 0 Å². The standard InChI is InChI=1S/C25H20BrN3O6/c1-33-21-9-7-16(13-19(21)26)24-27-20(12-15-5-4-6-18(11-15)29(31)32)25(30)28(24)17-8-10-22(34-2)23(14-17)35-3/h4-14H,1-3H3. The van der Waals surface area contributed by atoms with Gasteiger partial charge in [0, 0.05) is 23.8 Å². The Kier molecular flexibility index (Phi) is 6.83. The lowest BCUT2D eigenvalue weighted by atomic mass is 10.1. The van der Waals surface area contributed by atoms with Crippen LogP contribution in [0.3, 0.4) is 0 Å². The number of carbonyl (C=O) groups is 1. The van der Waals surface area contributed by atoms with Crippen molar-refractivity contribution < 1.29 is 23.9 Å². The number of aliphatic imine (C=N–C) groups is 1. The van der Waals surface area contributed by atoms with Crippen molar-refractivity contribution in [2.75, 3.05) is 26.2 Å². The molecule has 178 valence electrons. The summed E-state index contributed by atoms with van der Waals surface area (Å²) in [6.45, 7) is 0. The minimum Gasteiger partial charge on any atom is -0.496 e. The summed E-state index contributed by atoms with van der Waals surface area (Å²) >= 11 is 3.48. The predicted molar refractivity (Wildman–Crippen MR) is 135 cm³/mol. The van der Waals surface area contributed by atoms with Crippen LogP contribution in [0.4, 0.5) is 11.4 Å². The molecule has 1 heterocycles. The Labute approximate surface area is 209 Å². The number of halogens is 1. The molecule has 3 aromatic rings. The lowest BCUT2D eigenvalue weighted by Crippen LogP contribution is -2.32. The van der Waals surface area contributed by atoms with Crippen LogP contribution < -0.4 is 19.1 Å². The molecule has 0 radical (unpaired) electrons. The maximum Gasteiger partial charge on any atom is 0.282 e. The summed E-state index contributed by atoms with van der Waals surface area (Å²) < 4.78 is 16.7. The predicted octanol–water partition coefficient (Wildman–Crippen LogP) is 5.22. The van der Waals surface area contributed by atoms with Gasteiger partial charge in [0.2, 0.25) is 0 Å². The van der Waals surface area contributed by atoms with E-state index < -0.39 is 10.8 Å². The summed E-state index contributed by atoms with van der Waals surface area (Å²) in [6, 6.07) is 16.5. The number of nitro groups is 1. The number of nitrogens with zero attached hydrogens (tertiary/aromatic N) is 3. The lowest BCUT2D eigenvalue weighted by molar-refractivity contribution is -0.384. The van der Waals surface area contributed by atoms with Crippen LogP contribution in [0.15, 0.2) is 75.8 Å². The van der Waals surface area contributed by atoms with Crippen molar-refractivity contribution in [3.8, 4) is 17.2 Å². The molecule has 1 aliphatic heterocycles. The van der Waals surface area contributed by atoms with E-state index in [0.29, 0.717) is 44.4 Å². The number of rotatable bonds is 7. The molecule has 35 heavy (non-hydrogen) atoms. The van der Waals surface area contributed by atoms with Crippen LogP contribution in [-0.2, 0) is 4.79 Å². The summed E-state index contributed by atoms with van der Waals surface area (Å²) in [4.78, 5) is 30.3. The number of benzene rings is 3. The third-order valence-corrected chi connectivity index (χ3v) is 5.90. The summed E-state index contributed by atoms with van der Waals surface area (Å²) in [6.07, 6.45) is 1.52. The van der Waals surface area contributed by atoms with Gasteiger partial charge in [-0.25, -0.2) is 4.99 Å². The maximum absolute atomic E-state index is 13.6. The first kappa shape index (κ1) is 24.0. The van der Waals surface area contributed by atoms with E-state index in [0.717, 1.165) is 0 Å². The van der Waals surface area contributed by atoms with Crippen molar-refractivity contribution >= 4 is 45.1 Å². The molecule has 0 atom stereocenters. The average Bonchev–Trinajstić information content (AvgIpc) is 3.19. The number of amidine groups is 1. The largest absolute Gasteiger partial charge is 0.496 e. The number of non-ortho nitro benzene ring substituents is 1. The number of methoxy groups -OCH3 is 3. The van der Waals surface area contributed by atoms with Crippen molar-refractivity contribution in [3.63, 3.8) is 0 Å². The molecule has 0 saturated carbocycles. The van der Waals surface area contributed by atoms with E-state index in [9.17, 15) is 14.9 Å². The van der Waals surface area contributed by atoms with Crippen molar-refractivity contribution in [2.24, 2.45) is 4.99 Å². The fourth-order valence-corrected chi connectivity index (χ4v) is 4.15. The molecule has 0 unspecified atom stereocenters. The number of ether oxygens (including phenoxy) is 3. The van der Waals surface area contributed by atoms with Gasteiger partial charge in [-0.05, 0) is 57.9 Å². The van der Waals surface area contributed by atoms with Crippen LogP contribution in [-0.4, -0.2) is 38.0 Å². The number of nitro benzene ring substituents is 1. The van der Waals surface area contributed by atoms with Crippen LogP contribution >= 0.6 is 15.9 Å². The first-order chi connectivity index (χ1) is 16.9. The van der Waals surface area contributed by atoms with Crippen LogP contribution in [0.25, 0.3) is 6.08 Å². The number of hydrogen-bond donors (Lipinski definition) is 0. The molecule has 10 heteroatoms. The van der Waals surface area contributed by atoms with Gasteiger partial charge in [-0.3, -0.25) is 19.8 Å². The molecule has 0 spiro atoms. The van der Waals surface area contributed by atoms with E-state index in [1.165, 1.54) is 37.3 Å². The van der Waals surface area contributed by atoms with Crippen LogP contribution in [0.2, 0.25) is 0 Å². The Hall–Kier alpha value is -4.18. The molecule has 1 amide bonds. The quantitative estimate of drug-likeness (QED) is 0.232. The topological polar surface area (TPSA) is 104 Å². The molecule has 9 nitrogen and oxygen atoms in total. The van der Waals surface area contributed by atoms with Crippen LogP contribution in [0.5, 0.6) is 17.2 Å². The third-order valence-electron chi connectivity index (χ3n) is 5.28. The van der Waals surface area contributed by atoms with Crippen molar-refractivity contribution in [1.82, 2.24) is 0 Å². The van der Waals surface area contributed by atoms with E-state index in [-0.39, 0.29) is 11.4 Å². The summed E-state index contributed by atoms with van der Waals surface area (Å²) in [7, 11) is 4.60. The van der Waals surface area contributed by atoms with Crippen LogP contribution in [0.1, 0.15) is 11.1 Å². The fraction of sp³-hybridized carbons (Fsp3) is 0.120. The second-order valence-electron chi connectivity index (χ2n) is 7.35. The number of hydrogen-bond acceptors (Lipinski definition) is 7. The highest BCUT2D eigenvalue weighted by Crippen LogP contribution is 2.36. The van der Waals surface area contributed by atoms with E-state index in [2.05, 4.69) is 20.9 Å². The monoisotopic (exact) mass is 537 g/mol. The van der Waals surface area contributed by atoms with E-state index >= 15 is 0 Å². The summed E-state index contributed by atoms with van der Waals surface area (Å²) in [5.41, 5.74) is 1.70. The molecule has 3 aromatic carbocycles. The van der Waals surface area contributed by atoms with Crippen LogP contribution in [0, 0.1) is 10.1 Å². The zero-order valence-electron chi connectivity index (χ0n) is 19.0. The Morgan fingerprint density at radius 1 is 0.943 bits per heavy atom. The molecule has 4 rings (SSSR count). The molecule has 0 fully saturated rings. The number of carbonyl (C=O) groups excluding carboxylic acids is 1. The van der Waals surface area contributed by atoms with Gasteiger partial charge in [-0.2, -0.15) is 0 Å². The fourth-order valence-electron chi connectivity index (χ4n) is 3.61. The van der Waals surface area contributed by atoms with Gasteiger partial charge in [-0.15, -0.1) is 0 Å². The van der Waals surface area contributed by atoms with E-state index in [1.54, 1.807) is 55.6 Å². The van der Waals surface area contributed by atoms with Gasteiger partial charge in [0.15, 0.2) is 11.5 Å². The van der Waals surface area contributed by atoms with Crippen molar-refractivity contribution in [3.05, 3.63) is 92.1 Å². The minimum absolute atomic E-state index is 0.0789. The smallest absolute Gasteiger partial charge is 0.282 e. The van der Waals surface area contributed by atoms with Gasteiger partial charge in [-0.1, -0.05) is 12.1 Å². The Morgan fingerprint density at radius 3 is 2.31 bits per heavy atom. The first-order valence-corrected chi connectivity index (χ1v) is 11.1. The van der Waals surface area contributed by atoms with Gasteiger partial charge in [0.1, 0.15) is 17.3 Å². The second kappa shape index (κ2) is 9.98. The number of anilines is 1. The second-order valence-corrected chi connectivity index (χ2v) is 8.20. The normalized spacial score (nSPS) is 14.2. The molecular formula is C25H20BrN3O6. The molecule has 0 aliphatic carbocycles. The zero-order valence-corrected chi connectivity index (χ0v) is 20.6. The zero-order chi connectivity index (χ0) is 25.1. The minimum atomic E-state index is -0.488. The first-order valence-electron chi connectivity index (χ1n) is 10.3. The molecular weight excluding hydrogens is 518 g/mol. The molecule has 1 aliphatic rings. The Balaban J connectivity index is 1.85. The average molecular weight is 538 g/mol. The molecule has 0 N–H and O–H groups in total. The highest BCUT2D eigenvalue weighted by Gasteiger charge is 2.33. The van der Waals surface area contributed by atoms with Gasteiger partial charge in [0.05, 0.1) is 36.4 Å². The summed E-state index contributed by atoms with van der Waals surface area (Å²) in [5, 5.41) is 11.2. The maximum atomic E-state index is 13.6. The van der Waals surface area contributed by atoms with Crippen molar-refractivity contribution in [2.45, 2.75) is 0 Å². The van der Waals surface area contributed by atoms with Gasteiger partial charge in [0.25, 0.3) is 11.6 Å². The highest BCUT2D eigenvalue weighted by atomic mass is 79.9. The molecule has 0 saturated heterocycles. The number of amides is 1. The van der Waals surface area contributed by atoms with Gasteiger partial charge >= 0.3 is 0 Å². The van der Waals surface area contributed by atoms with E-state index in [4.69, 9.17) is 14.2 Å². The molecule has 0 aromatic heterocycles. The summed E-state index contributed by atoms with van der Waals surface area (Å²) in [5.74, 6) is 1.57. The van der Waals surface area contributed by atoms with Gasteiger partial charge < -0.3 is 14.2 Å². The molecule has 0 bridgehead atoms. The van der Waals surface area contributed by atoms with Crippen molar-refractivity contribution in [1.29, 1.82) is 0 Å².